The molecule has 0 aliphatic rings. The number of para-hydroxylation sites is 1. The summed E-state index contributed by atoms with van der Waals surface area (Å²) < 4.78 is 2.35. The Kier molecular flexibility index (Phi) is 5.93. The second kappa shape index (κ2) is 9.18. The van der Waals surface area contributed by atoms with Crippen LogP contribution in [0.1, 0.15) is 13.8 Å². The van der Waals surface area contributed by atoms with E-state index >= 15 is 0 Å². The summed E-state index contributed by atoms with van der Waals surface area (Å²) in [6.45, 7) is 4.00. The van der Waals surface area contributed by atoms with Gasteiger partial charge in [0.05, 0.1) is 11.0 Å². The molecule has 6 aromatic rings. The molecule has 1 heterocycles. The molecular weight excluding hydrogens is 417 g/mol. The first-order valence-electron chi connectivity index (χ1n) is 11.7. The van der Waals surface area contributed by atoms with Crippen molar-refractivity contribution >= 4 is 45.2 Å². The van der Waals surface area contributed by atoms with Gasteiger partial charge < -0.3 is 14.6 Å². The Morgan fingerprint density at radius 3 is 2.06 bits per heavy atom. The fourth-order valence-electron chi connectivity index (χ4n) is 4.75. The Morgan fingerprint density at radius 1 is 0.618 bits per heavy atom. The van der Waals surface area contributed by atoms with Crippen molar-refractivity contribution in [3.63, 3.8) is 0 Å². The summed E-state index contributed by atoms with van der Waals surface area (Å²) >= 11 is 0. The van der Waals surface area contributed by atoms with Crippen molar-refractivity contribution in [2.45, 2.75) is 13.8 Å². The van der Waals surface area contributed by atoms with E-state index in [-0.39, 0.29) is 0 Å². The Labute approximate surface area is 199 Å². The van der Waals surface area contributed by atoms with E-state index < -0.39 is 7.12 Å². The topological polar surface area (TPSA) is 45.4 Å². The lowest BCUT2D eigenvalue weighted by Gasteiger charge is -2.10. The minimum atomic E-state index is -1.47. The van der Waals surface area contributed by atoms with Gasteiger partial charge in [0, 0.05) is 21.8 Å². The van der Waals surface area contributed by atoms with Gasteiger partial charge in [-0.05, 0) is 40.2 Å². The van der Waals surface area contributed by atoms with Gasteiger partial charge in [-0.2, -0.15) is 0 Å². The summed E-state index contributed by atoms with van der Waals surface area (Å²) in [7, 11) is -1.47. The largest absolute Gasteiger partial charge is 0.488 e. The van der Waals surface area contributed by atoms with E-state index in [2.05, 4.69) is 83.4 Å². The highest BCUT2D eigenvalue weighted by Crippen LogP contribution is 2.40. The molecule has 0 atom stereocenters. The maximum absolute atomic E-state index is 9.48. The summed E-state index contributed by atoms with van der Waals surface area (Å²) in [5.41, 5.74) is 6.11. The molecule has 2 N–H and O–H groups in total. The SMILES string of the molecule is CC.OB(O)c1ccc(-c2cccc3c2c2ccc4ccccc4c2n3-c2ccccc2)cc1. The van der Waals surface area contributed by atoms with Crippen molar-refractivity contribution in [2.75, 3.05) is 0 Å². The van der Waals surface area contributed by atoms with E-state index in [1.807, 2.05) is 32.0 Å². The zero-order valence-corrected chi connectivity index (χ0v) is 19.3. The standard InChI is InChI=1S/C28H20BNO2.C2H6/c31-29(32)21-16-13-20(14-17-21)23-11-6-12-26-27(23)25-18-15-19-7-4-5-10-24(19)28(25)30(26)22-8-2-1-3-9-22;1-2/h1-18,31-32H;1-2H3. The number of aromatic nitrogens is 1. The van der Waals surface area contributed by atoms with Gasteiger partial charge in [-0.3, -0.25) is 0 Å². The van der Waals surface area contributed by atoms with Crippen LogP contribution in [0.2, 0.25) is 0 Å². The smallest absolute Gasteiger partial charge is 0.423 e. The minimum absolute atomic E-state index is 0.485. The molecule has 0 unspecified atom stereocenters. The van der Waals surface area contributed by atoms with Crippen molar-refractivity contribution in [1.29, 1.82) is 0 Å². The van der Waals surface area contributed by atoms with Gasteiger partial charge in [0.25, 0.3) is 0 Å². The van der Waals surface area contributed by atoms with Crippen LogP contribution in [0.3, 0.4) is 0 Å². The summed E-state index contributed by atoms with van der Waals surface area (Å²) in [6.07, 6.45) is 0. The van der Waals surface area contributed by atoms with Crippen LogP contribution in [0.4, 0.5) is 0 Å². The second-order valence-corrected chi connectivity index (χ2v) is 8.05. The quantitative estimate of drug-likeness (QED) is 0.315. The molecule has 1 aromatic heterocycles. The van der Waals surface area contributed by atoms with Crippen LogP contribution in [-0.4, -0.2) is 21.7 Å². The van der Waals surface area contributed by atoms with Crippen LogP contribution in [0.5, 0.6) is 0 Å². The zero-order valence-electron chi connectivity index (χ0n) is 19.3. The minimum Gasteiger partial charge on any atom is -0.423 e. The summed E-state index contributed by atoms with van der Waals surface area (Å²) in [5, 5.41) is 23.8. The molecule has 3 nitrogen and oxygen atoms in total. The van der Waals surface area contributed by atoms with E-state index in [1.165, 1.54) is 27.1 Å². The number of hydrogen-bond donors (Lipinski definition) is 2. The first kappa shape index (κ1) is 22.0. The van der Waals surface area contributed by atoms with Gasteiger partial charge in [-0.25, -0.2) is 0 Å². The molecule has 0 radical (unpaired) electrons. The van der Waals surface area contributed by atoms with Gasteiger partial charge in [-0.15, -0.1) is 0 Å². The number of nitrogens with zero attached hydrogens (tertiary/aromatic N) is 1. The molecule has 0 saturated carbocycles. The van der Waals surface area contributed by atoms with E-state index in [1.54, 1.807) is 12.1 Å². The van der Waals surface area contributed by atoms with Crippen LogP contribution in [0.15, 0.2) is 109 Å². The molecule has 0 aliphatic heterocycles. The molecule has 166 valence electrons. The zero-order chi connectivity index (χ0) is 23.7. The summed E-state index contributed by atoms with van der Waals surface area (Å²) in [5.74, 6) is 0. The lowest BCUT2D eigenvalue weighted by molar-refractivity contribution is 0.426. The fourth-order valence-corrected chi connectivity index (χ4v) is 4.75. The fraction of sp³-hybridized carbons (Fsp3) is 0.0667. The molecule has 0 aliphatic carbocycles. The Bertz CT molecular complexity index is 1590. The van der Waals surface area contributed by atoms with Gasteiger partial charge in [-0.1, -0.05) is 105 Å². The predicted octanol–water partition coefficient (Wildman–Crippen LogP) is 6.31. The highest BCUT2D eigenvalue weighted by atomic mass is 16.4. The maximum Gasteiger partial charge on any atom is 0.488 e. The van der Waals surface area contributed by atoms with Crippen molar-refractivity contribution in [1.82, 2.24) is 4.57 Å². The van der Waals surface area contributed by atoms with Gasteiger partial charge >= 0.3 is 7.12 Å². The highest BCUT2D eigenvalue weighted by molar-refractivity contribution is 6.58. The molecular formula is C30H26BNO2. The van der Waals surface area contributed by atoms with Gasteiger partial charge in [0.2, 0.25) is 0 Å². The molecule has 0 spiro atoms. The third-order valence-corrected chi connectivity index (χ3v) is 6.21. The molecule has 0 fully saturated rings. The number of rotatable bonds is 3. The average molecular weight is 443 g/mol. The third-order valence-electron chi connectivity index (χ3n) is 6.21. The first-order chi connectivity index (χ1) is 16.7. The third kappa shape index (κ3) is 3.58. The number of fused-ring (bicyclic) bond motifs is 5. The van der Waals surface area contributed by atoms with Crippen LogP contribution in [0.25, 0.3) is 49.4 Å². The van der Waals surface area contributed by atoms with Crippen molar-refractivity contribution in [3.8, 4) is 16.8 Å². The molecule has 34 heavy (non-hydrogen) atoms. The number of benzene rings is 5. The Morgan fingerprint density at radius 2 is 1.32 bits per heavy atom. The Balaban J connectivity index is 0.00000117. The first-order valence-corrected chi connectivity index (χ1v) is 11.7. The Hall–Kier alpha value is -3.86. The van der Waals surface area contributed by atoms with Crippen LogP contribution in [-0.2, 0) is 0 Å². The molecule has 0 amide bonds. The predicted molar refractivity (Wildman–Crippen MR) is 145 cm³/mol. The second-order valence-electron chi connectivity index (χ2n) is 8.05. The molecule has 0 saturated heterocycles. The van der Waals surface area contributed by atoms with Crippen LogP contribution < -0.4 is 5.46 Å². The van der Waals surface area contributed by atoms with E-state index in [9.17, 15) is 10.0 Å². The monoisotopic (exact) mass is 443 g/mol. The molecule has 4 heteroatoms. The van der Waals surface area contributed by atoms with E-state index in [4.69, 9.17) is 0 Å². The van der Waals surface area contributed by atoms with Crippen molar-refractivity contribution in [3.05, 3.63) is 109 Å². The molecule has 6 rings (SSSR count). The maximum atomic E-state index is 9.48. The van der Waals surface area contributed by atoms with E-state index in [0.29, 0.717) is 5.46 Å². The van der Waals surface area contributed by atoms with Crippen molar-refractivity contribution in [2.24, 2.45) is 0 Å². The summed E-state index contributed by atoms with van der Waals surface area (Å²) in [6, 6.07) is 37.2. The lowest BCUT2D eigenvalue weighted by atomic mass is 9.79. The lowest BCUT2D eigenvalue weighted by Crippen LogP contribution is -2.29. The highest BCUT2D eigenvalue weighted by Gasteiger charge is 2.18. The van der Waals surface area contributed by atoms with Crippen LogP contribution >= 0.6 is 0 Å². The average Bonchev–Trinajstić information content (AvgIpc) is 3.25. The van der Waals surface area contributed by atoms with Crippen LogP contribution in [0, 0.1) is 0 Å². The molecule has 5 aromatic carbocycles. The van der Waals surface area contributed by atoms with Crippen molar-refractivity contribution < 1.29 is 10.0 Å². The number of hydrogen-bond acceptors (Lipinski definition) is 2. The normalized spacial score (nSPS) is 10.9. The van der Waals surface area contributed by atoms with Gasteiger partial charge in [0.1, 0.15) is 0 Å². The summed E-state index contributed by atoms with van der Waals surface area (Å²) in [4.78, 5) is 0. The molecule has 0 bridgehead atoms. The van der Waals surface area contributed by atoms with E-state index in [0.717, 1.165) is 22.3 Å². The van der Waals surface area contributed by atoms with Gasteiger partial charge in [0.15, 0.2) is 0 Å².